The zero-order valence-corrected chi connectivity index (χ0v) is 28.1. The predicted molar refractivity (Wildman–Crippen MR) is 180 cm³/mol. The minimum absolute atomic E-state index is 0.0343. The smallest absolute Gasteiger partial charge is 0.266 e. The number of carbonyl (C=O) groups excluding carboxylic acids is 1. The Morgan fingerprint density at radius 2 is 1.84 bits per heavy atom. The number of ether oxygens (including phenoxy) is 1. The second-order valence-corrected chi connectivity index (χ2v) is 11.8. The quantitative estimate of drug-likeness (QED) is 0.0940. The molecule has 5 rings (SSSR count). The van der Waals surface area contributed by atoms with Crippen LogP contribution in [-0.2, 0) is 9.53 Å². The lowest BCUT2D eigenvalue weighted by atomic mass is 9.94. The van der Waals surface area contributed by atoms with Crippen LogP contribution in [0.25, 0.3) is 22.0 Å². The number of hydrogen-bond acceptors (Lipinski definition) is 8. The number of aldehydes is 1. The van der Waals surface area contributed by atoms with Crippen LogP contribution >= 0.6 is 11.6 Å². The fraction of sp³-hybridized carbons (Fsp3) is 0.382. The number of piperazine rings is 1. The van der Waals surface area contributed by atoms with Gasteiger partial charge in [0.1, 0.15) is 23.0 Å². The van der Waals surface area contributed by atoms with Crippen LogP contribution in [-0.4, -0.2) is 104 Å². The van der Waals surface area contributed by atoms with Gasteiger partial charge in [0.25, 0.3) is 5.92 Å². The number of halogens is 6. The van der Waals surface area contributed by atoms with Gasteiger partial charge in [-0.1, -0.05) is 42.4 Å². The van der Waals surface area contributed by atoms with Gasteiger partial charge in [-0.05, 0) is 38.5 Å². The average Bonchev–Trinajstić information content (AvgIpc) is 3.06. The lowest BCUT2D eigenvalue weighted by molar-refractivity contribution is -0.116. The van der Waals surface area contributed by atoms with Crippen LogP contribution < -0.4 is 0 Å². The number of pyridine rings is 1. The Bertz CT molecular complexity index is 1730. The lowest BCUT2D eigenvalue weighted by Gasteiger charge is -2.35. The van der Waals surface area contributed by atoms with Gasteiger partial charge in [-0.15, -0.1) is 0 Å². The van der Waals surface area contributed by atoms with Crippen molar-refractivity contribution in [3.63, 3.8) is 0 Å². The molecule has 0 spiro atoms. The predicted octanol–water partition coefficient (Wildman–Crippen LogP) is 6.87. The van der Waals surface area contributed by atoms with Crippen molar-refractivity contribution >= 4 is 46.6 Å². The minimum Gasteiger partial charge on any atom is -0.483 e. The van der Waals surface area contributed by atoms with Crippen molar-refractivity contribution in [1.29, 1.82) is 10.7 Å². The number of likely N-dealkylation sites (N-methyl/N-ethyl adjacent to an activating group) is 1. The molecule has 49 heavy (non-hydrogen) atoms. The van der Waals surface area contributed by atoms with Crippen LogP contribution in [0, 0.1) is 34.3 Å². The fourth-order valence-electron chi connectivity index (χ4n) is 5.28. The Hall–Kier alpha value is -4.45. The van der Waals surface area contributed by atoms with Crippen molar-refractivity contribution in [3.8, 4) is 17.3 Å². The Balaban J connectivity index is 0.000000734. The summed E-state index contributed by atoms with van der Waals surface area (Å²) in [6.07, 6.45) is 2.61. The molecule has 3 aromatic rings. The monoisotopic (exact) mass is 705 g/mol. The first-order valence-electron chi connectivity index (χ1n) is 15.1. The highest BCUT2D eigenvalue weighted by Crippen LogP contribution is 2.39. The SMILES string of the molecule is C=C(F)C=O.CC#N.CN1CCN(C(=N)c2cnc(-c3cccc4ccc(F)c(Cl)c34)c(F)c2N=COCC2CCN(C)CC2(F)F)CC1. The summed E-state index contributed by atoms with van der Waals surface area (Å²) in [5, 5.41) is 16.9. The van der Waals surface area contributed by atoms with Crippen LogP contribution in [0.1, 0.15) is 18.9 Å². The molecular formula is C34H37ClF5N7O2. The summed E-state index contributed by atoms with van der Waals surface area (Å²) in [6.45, 7) is 6.51. The summed E-state index contributed by atoms with van der Waals surface area (Å²) in [7, 11) is 3.63. The summed E-state index contributed by atoms with van der Waals surface area (Å²) in [5.74, 6) is -6.33. The molecule has 1 atom stereocenters. The molecule has 1 aromatic heterocycles. The minimum atomic E-state index is -2.92. The first kappa shape index (κ1) is 39.0. The highest BCUT2D eigenvalue weighted by molar-refractivity contribution is 6.36. The van der Waals surface area contributed by atoms with Gasteiger partial charge in [0.15, 0.2) is 24.3 Å². The molecule has 0 radical (unpaired) electrons. The van der Waals surface area contributed by atoms with Crippen LogP contribution in [0.2, 0.25) is 5.02 Å². The molecule has 3 heterocycles. The molecule has 15 heteroatoms. The molecule has 2 aliphatic heterocycles. The molecule has 262 valence electrons. The third-order valence-corrected chi connectivity index (χ3v) is 8.25. The third-order valence-electron chi connectivity index (χ3n) is 7.88. The molecule has 2 aromatic carbocycles. The summed E-state index contributed by atoms with van der Waals surface area (Å²) in [4.78, 5) is 23.1. The third kappa shape index (κ3) is 10.0. The normalized spacial score (nSPS) is 17.7. The standard InChI is InChI=1S/C29H31ClF4N6O.C3H3FO.C2H3N/c1-38-10-12-40(13-11-38)28(35)21-14-36-26(20-5-3-4-18-6-7-22(31)24(30)23(18)20)25(32)27(21)37-17-41-15-19-8-9-39(2)16-29(19,33)34;1-3(4)2-5;1-2-3/h3-7,14,17,19,35H,8-13,15-16H2,1-2H3;2H,1H2;1H3. The van der Waals surface area contributed by atoms with Crippen molar-refractivity contribution < 1.29 is 31.5 Å². The van der Waals surface area contributed by atoms with E-state index in [4.69, 9.17) is 31.8 Å². The van der Waals surface area contributed by atoms with Crippen LogP contribution in [0.4, 0.5) is 27.6 Å². The van der Waals surface area contributed by atoms with E-state index >= 15 is 4.39 Å². The van der Waals surface area contributed by atoms with Crippen LogP contribution in [0.3, 0.4) is 0 Å². The second-order valence-electron chi connectivity index (χ2n) is 11.4. The van der Waals surface area contributed by atoms with E-state index in [1.165, 1.54) is 19.2 Å². The van der Waals surface area contributed by atoms with Crippen molar-refractivity contribution in [2.45, 2.75) is 19.3 Å². The van der Waals surface area contributed by atoms with E-state index in [0.717, 1.165) is 19.5 Å². The Labute approximate surface area is 286 Å². The van der Waals surface area contributed by atoms with Gasteiger partial charge in [-0.3, -0.25) is 15.2 Å². The molecule has 0 saturated carbocycles. The zero-order chi connectivity index (χ0) is 36.3. The van der Waals surface area contributed by atoms with Crippen LogP contribution in [0.15, 0.2) is 53.9 Å². The average molecular weight is 706 g/mol. The number of piperidine rings is 1. The van der Waals surface area contributed by atoms with Crippen LogP contribution in [0.5, 0.6) is 0 Å². The number of fused-ring (bicyclic) bond motifs is 1. The van der Waals surface area contributed by atoms with E-state index in [1.807, 2.05) is 7.05 Å². The zero-order valence-electron chi connectivity index (χ0n) is 27.3. The lowest BCUT2D eigenvalue weighted by Crippen LogP contribution is -2.48. The van der Waals surface area contributed by atoms with Gasteiger partial charge in [-0.2, -0.15) is 5.26 Å². The molecule has 2 fully saturated rings. The van der Waals surface area contributed by atoms with E-state index in [2.05, 4.69) is 21.5 Å². The van der Waals surface area contributed by atoms with Crippen molar-refractivity contribution in [3.05, 3.63) is 71.2 Å². The number of nitrogens with zero attached hydrogens (tertiary/aromatic N) is 6. The fourth-order valence-corrected chi connectivity index (χ4v) is 5.56. The number of benzene rings is 2. The number of hydrogen-bond donors (Lipinski definition) is 1. The maximum Gasteiger partial charge on any atom is 0.266 e. The molecule has 2 aliphatic rings. The highest BCUT2D eigenvalue weighted by atomic mass is 35.5. The molecule has 9 nitrogen and oxygen atoms in total. The van der Waals surface area contributed by atoms with Gasteiger partial charge in [0.2, 0.25) is 0 Å². The number of alkyl halides is 2. The summed E-state index contributed by atoms with van der Waals surface area (Å²) < 4.78 is 75.9. The summed E-state index contributed by atoms with van der Waals surface area (Å²) >= 11 is 6.29. The number of allylic oxidation sites excluding steroid dienone is 1. The first-order chi connectivity index (χ1) is 23.2. The van der Waals surface area contributed by atoms with E-state index < -0.39 is 29.3 Å². The number of nitrogens with one attached hydrogen (secondary N) is 1. The van der Waals surface area contributed by atoms with Crippen molar-refractivity contribution in [2.24, 2.45) is 10.9 Å². The number of nitriles is 1. The molecular weight excluding hydrogens is 669 g/mol. The second kappa shape index (κ2) is 17.8. The topological polar surface area (TPSA) is 109 Å². The van der Waals surface area contributed by atoms with Gasteiger partial charge in [0, 0.05) is 50.2 Å². The molecule has 1 unspecified atom stereocenters. The Morgan fingerprint density at radius 3 is 2.45 bits per heavy atom. The van der Waals surface area contributed by atoms with E-state index in [-0.39, 0.29) is 64.6 Å². The number of carbonyl (C=O) groups is 1. The van der Waals surface area contributed by atoms with E-state index in [9.17, 15) is 17.6 Å². The van der Waals surface area contributed by atoms with E-state index in [1.54, 1.807) is 47.2 Å². The summed E-state index contributed by atoms with van der Waals surface area (Å²) in [6, 6.07) is 9.52. The van der Waals surface area contributed by atoms with Gasteiger partial charge < -0.3 is 19.4 Å². The molecule has 0 bridgehead atoms. The molecule has 2 saturated heterocycles. The number of amidine groups is 1. The van der Waals surface area contributed by atoms with E-state index in [0.29, 0.717) is 25.0 Å². The van der Waals surface area contributed by atoms with Crippen molar-refractivity contribution in [1.82, 2.24) is 19.7 Å². The number of aromatic nitrogens is 1. The Kier molecular flexibility index (Phi) is 14.2. The van der Waals surface area contributed by atoms with Crippen molar-refractivity contribution in [2.75, 3.05) is 60.0 Å². The first-order valence-corrected chi connectivity index (χ1v) is 15.5. The number of rotatable bonds is 7. The highest BCUT2D eigenvalue weighted by Gasteiger charge is 2.43. The number of likely N-dealkylation sites (tertiary alicyclic amines) is 1. The van der Waals surface area contributed by atoms with Gasteiger partial charge in [0.05, 0.1) is 35.7 Å². The summed E-state index contributed by atoms with van der Waals surface area (Å²) in [5.41, 5.74) is 0.0222. The van der Waals surface area contributed by atoms with Gasteiger partial charge in [-0.25, -0.2) is 26.9 Å². The molecule has 0 aliphatic carbocycles. The Morgan fingerprint density at radius 1 is 1.18 bits per heavy atom. The number of aliphatic imine (C=N–C) groups is 1. The molecule has 1 N–H and O–H groups in total. The maximum absolute atomic E-state index is 16.3. The molecule has 0 amide bonds. The maximum atomic E-state index is 16.3. The van der Waals surface area contributed by atoms with Gasteiger partial charge >= 0.3 is 0 Å². The largest absolute Gasteiger partial charge is 0.483 e.